The summed E-state index contributed by atoms with van der Waals surface area (Å²) in [5.41, 5.74) is 1.86. The van der Waals surface area contributed by atoms with Crippen LogP contribution in [0.5, 0.6) is 0 Å². The molecule has 0 aromatic heterocycles. The Morgan fingerprint density at radius 3 is 2.35 bits per heavy atom. The average Bonchev–Trinajstić information content (AvgIpc) is 2.64. The summed E-state index contributed by atoms with van der Waals surface area (Å²) in [6.45, 7) is 1.36. The minimum absolute atomic E-state index is 0.0288. The van der Waals surface area contributed by atoms with Crippen molar-refractivity contribution in [3.63, 3.8) is 0 Å². The molecule has 1 aliphatic rings. The Bertz CT molecular complexity index is 780. The third-order valence-corrected chi connectivity index (χ3v) is 4.99. The minimum atomic E-state index is -1.01. The topological polar surface area (TPSA) is 57.6 Å². The van der Waals surface area contributed by atoms with E-state index in [0.29, 0.717) is 24.6 Å². The lowest BCUT2D eigenvalue weighted by molar-refractivity contribution is -0.131. The third-order valence-electron chi connectivity index (χ3n) is 4.99. The van der Waals surface area contributed by atoms with E-state index in [4.69, 9.17) is 0 Å². The van der Waals surface area contributed by atoms with Crippen molar-refractivity contribution >= 4 is 11.9 Å². The van der Waals surface area contributed by atoms with Gasteiger partial charge >= 0.3 is 5.97 Å². The quantitative estimate of drug-likeness (QED) is 0.892. The van der Waals surface area contributed by atoms with E-state index in [1.54, 1.807) is 18.2 Å². The fourth-order valence-electron chi connectivity index (χ4n) is 3.50. The first-order chi connectivity index (χ1) is 12.5. The predicted molar refractivity (Wildman–Crippen MR) is 96.5 cm³/mol. The molecule has 1 N–H and O–H groups in total. The number of nitrogens with zero attached hydrogens (tertiary/aromatic N) is 1. The maximum atomic E-state index is 13.0. The second-order valence-electron chi connectivity index (χ2n) is 6.79. The van der Waals surface area contributed by atoms with Gasteiger partial charge in [0.2, 0.25) is 5.91 Å². The van der Waals surface area contributed by atoms with Gasteiger partial charge in [-0.15, -0.1) is 0 Å². The Hall–Kier alpha value is -2.69. The van der Waals surface area contributed by atoms with Crippen molar-refractivity contribution in [2.75, 3.05) is 13.1 Å². The summed E-state index contributed by atoms with van der Waals surface area (Å²) in [4.78, 5) is 25.6. The van der Waals surface area contributed by atoms with Gasteiger partial charge in [0.15, 0.2) is 0 Å². The fraction of sp³-hybridized carbons (Fsp3) is 0.333. The number of halogens is 1. The number of piperidine rings is 1. The van der Waals surface area contributed by atoms with Crippen molar-refractivity contribution in [1.82, 2.24) is 4.90 Å². The SMILES string of the molecule is O=C(O)c1ccccc1CC(=O)N1CCC(Cc2ccc(F)cc2)CC1. The molecule has 3 rings (SSSR count). The maximum absolute atomic E-state index is 13.0. The molecule has 1 saturated heterocycles. The van der Waals surface area contributed by atoms with E-state index in [2.05, 4.69) is 0 Å². The summed E-state index contributed by atoms with van der Waals surface area (Å²) in [5, 5.41) is 9.23. The van der Waals surface area contributed by atoms with Crippen molar-refractivity contribution in [2.24, 2.45) is 5.92 Å². The van der Waals surface area contributed by atoms with Crippen molar-refractivity contribution in [1.29, 1.82) is 0 Å². The van der Waals surface area contributed by atoms with Crippen LogP contribution < -0.4 is 0 Å². The number of hydrogen-bond donors (Lipinski definition) is 1. The van der Waals surface area contributed by atoms with Gasteiger partial charge in [0, 0.05) is 13.1 Å². The van der Waals surface area contributed by atoms with Crippen LogP contribution in [-0.4, -0.2) is 35.0 Å². The molecule has 136 valence electrons. The van der Waals surface area contributed by atoms with Crippen LogP contribution in [0, 0.1) is 11.7 Å². The number of benzene rings is 2. The van der Waals surface area contributed by atoms with Crippen LogP contribution in [-0.2, 0) is 17.6 Å². The first-order valence-electron chi connectivity index (χ1n) is 8.86. The molecule has 1 amide bonds. The molecule has 1 aliphatic heterocycles. The van der Waals surface area contributed by atoms with Gasteiger partial charge in [-0.3, -0.25) is 4.79 Å². The molecule has 0 saturated carbocycles. The number of likely N-dealkylation sites (tertiary alicyclic amines) is 1. The van der Waals surface area contributed by atoms with E-state index in [-0.39, 0.29) is 23.7 Å². The van der Waals surface area contributed by atoms with Crippen molar-refractivity contribution < 1.29 is 19.1 Å². The summed E-state index contributed by atoms with van der Waals surface area (Å²) < 4.78 is 13.0. The van der Waals surface area contributed by atoms with E-state index in [9.17, 15) is 19.1 Å². The molecule has 0 atom stereocenters. The normalized spacial score (nSPS) is 15.0. The summed E-state index contributed by atoms with van der Waals surface area (Å²) in [6.07, 6.45) is 2.82. The molecular weight excluding hydrogens is 333 g/mol. The smallest absolute Gasteiger partial charge is 0.335 e. The second-order valence-corrected chi connectivity index (χ2v) is 6.79. The molecule has 26 heavy (non-hydrogen) atoms. The first-order valence-corrected chi connectivity index (χ1v) is 8.86. The lowest BCUT2D eigenvalue weighted by Gasteiger charge is -2.32. The number of carboxylic acid groups (broad SMARTS) is 1. The van der Waals surface area contributed by atoms with Crippen LogP contribution in [0.3, 0.4) is 0 Å². The van der Waals surface area contributed by atoms with Gasteiger partial charge in [0.05, 0.1) is 12.0 Å². The Morgan fingerprint density at radius 2 is 1.69 bits per heavy atom. The number of aromatic carboxylic acids is 1. The number of hydrogen-bond acceptors (Lipinski definition) is 2. The molecule has 2 aromatic carbocycles. The molecule has 0 radical (unpaired) electrons. The van der Waals surface area contributed by atoms with Gasteiger partial charge in [-0.2, -0.15) is 0 Å². The summed E-state index contributed by atoms with van der Waals surface area (Å²) in [7, 11) is 0. The van der Waals surface area contributed by atoms with E-state index in [1.807, 2.05) is 17.0 Å². The number of amides is 1. The largest absolute Gasteiger partial charge is 0.478 e. The average molecular weight is 355 g/mol. The highest BCUT2D eigenvalue weighted by molar-refractivity contribution is 5.91. The van der Waals surface area contributed by atoms with Crippen LogP contribution in [0.1, 0.15) is 34.3 Å². The monoisotopic (exact) mass is 355 g/mol. The molecule has 2 aromatic rings. The summed E-state index contributed by atoms with van der Waals surface area (Å²) in [5.74, 6) is -0.781. The molecule has 4 nitrogen and oxygen atoms in total. The van der Waals surface area contributed by atoms with Gasteiger partial charge < -0.3 is 10.0 Å². The number of carbonyl (C=O) groups excluding carboxylic acids is 1. The molecule has 1 fully saturated rings. The van der Waals surface area contributed by atoms with Crippen LogP contribution in [0.15, 0.2) is 48.5 Å². The molecule has 0 aliphatic carbocycles. The highest BCUT2D eigenvalue weighted by atomic mass is 19.1. The van der Waals surface area contributed by atoms with Gasteiger partial charge in [-0.25, -0.2) is 9.18 Å². The third kappa shape index (κ3) is 4.48. The first kappa shape index (κ1) is 18.1. The Kier molecular flexibility index (Phi) is 5.66. The second kappa shape index (κ2) is 8.13. The number of rotatable bonds is 5. The fourth-order valence-corrected chi connectivity index (χ4v) is 3.50. The molecule has 1 heterocycles. The standard InChI is InChI=1S/C21H22FNO3/c22-18-7-5-15(6-8-18)13-16-9-11-23(12-10-16)20(24)14-17-3-1-2-4-19(17)21(25)26/h1-8,16H,9-14H2,(H,25,26). The highest BCUT2D eigenvalue weighted by Gasteiger charge is 2.24. The van der Waals surface area contributed by atoms with Crippen molar-refractivity contribution in [3.8, 4) is 0 Å². The molecule has 0 spiro atoms. The van der Waals surface area contributed by atoms with E-state index in [0.717, 1.165) is 24.8 Å². The number of carbonyl (C=O) groups is 2. The lowest BCUT2D eigenvalue weighted by atomic mass is 9.90. The summed E-state index contributed by atoms with van der Waals surface area (Å²) >= 11 is 0. The zero-order valence-corrected chi connectivity index (χ0v) is 14.5. The van der Waals surface area contributed by atoms with Gasteiger partial charge in [-0.05, 0) is 54.5 Å². The van der Waals surface area contributed by atoms with Crippen molar-refractivity contribution in [3.05, 3.63) is 71.0 Å². The van der Waals surface area contributed by atoms with E-state index in [1.165, 1.54) is 18.2 Å². The zero-order valence-electron chi connectivity index (χ0n) is 14.5. The molecule has 0 unspecified atom stereocenters. The molecular formula is C21H22FNO3. The van der Waals surface area contributed by atoms with Gasteiger partial charge in [0.25, 0.3) is 0 Å². The van der Waals surface area contributed by atoms with Crippen LogP contribution in [0.4, 0.5) is 4.39 Å². The minimum Gasteiger partial charge on any atom is -0.478 e. The lowest BCUT2D eigenvalue weighted by Crippen LogP contribution is -2.39. The van der Waals surface area contributed by atoms with Crippen LogP contribution in [0.25, 0.3) is 0 Å². The maximum Gasteiger partial charge on any atom is 0.335 e. The molecule has 5 heteroatoms. The van der Waals surface area contributed by atoms with E-state index < -0.39 is 5.97 Å². The van der Waals surface area contributed by atoms with Gasteiger partial charge in [-0.1, -0.05) is 30.3 Å². The Balaban J connectivity index is 1.54. The molecule has 0 bridgehead atoms. The van der Waals surface area contributed by atoms with Crippen molar-refractivity contribution in [2.45, 2.75) is 25.7 Å². The van der Waals surface area contributed by atoms with Gasteiger partial charge in [0.1, 0.15) is 5.82 Å². The van der Waals surface area contributed by atoms with E-state index >= 15 is 0 Å². The summed E-state index contributed by atoms with van der Waals surface area (Å²) in [6, 6.07) is 13.2. The van der Waals surface area contributed by atoms with Crippen LogP contribution in [0.2, 0.25) is 0 Å². The Labute approximate surface area is 152 Å². The zero-order chi connectivity index (χ0) is 18.5. The highest BCUT2D eigenvalue weighted by Crippen LogP contribution is 2.23. The van der Waals surface area contributed by atoms with Crippen LogP contribution >= 0.6 is 0 Å². The predicted octanol–water partition coefficient (Wildman–Crippen LogP) is 3.55. The Morgan fingerprint density at radius 1 is 1.04 bits per heavy atom. The number of carboxylic acids is 1.